The van der Waals surface area contributed by atoms with Crippen LogP contribution in [-0.4, -0.2) is 183 Å². The molecule has 3 saturated heterocycles. The number of aliphatic hydroxyl groups is 10. The molecular weight excluding hydrogens is 748 g/mol. The molecule has 304 valence electrons. The van der Waals surface area contributed by atoms with Gasteiger partial charge in [0.05, 0.1) is 19.8 Å². The summed E-state index contributed by atoms with van der Waals surface area (Å²) in [5, 5.41) is 145. The van der Waals surface area contributed by atoms with Crippen LogP contribution in [0.2, 0.25) is 0 Å². The number of hydrogen-bond acceptors (Lipinski definition) is 22. The standard InChI is InChI=1S/C33H40O22/c34-6-15-19(41)23(45)26(48)31(50-15)54-29-24(46)20(42)17(8-36)52-33(29)55-30-25(47)21(43)16(7-35)51-32(30)53-28-22(44)18-13(40)4-10(37)5-14(18)49-27(28)9-1-2-11(38)12(39)3-9/h1-5,15-17,19-21,23-26,29-43,45-48H,6-8H2/t15?,16?,17?,19-,20+,21-,23?,24?,25+,26-,29?,30?,31+,32+,33+/m1/s1. The minimum absolute atomic E-state index is 0.133. The van der Waals surface area contributed by atoms with Crippen molar-refractivity contribution in [2.75, 3.05) is 19.8 Å². The number of fused-ring (bicyclic) bond motifs is 1. The molecule has 0 radical (unpaired) electrons. The van der Waals surface area contributed by atoms with Crippen molar-refractivity contribution in [2.24, 2.45) is 0 Å². The molecule has 3 aliphatic rings. The third-order valence-electron chi connectivity index (χ3n) is 9.47. The molecule has 3 aromatic rings. The lowest BCUT2D eigenvalue weighted by Crippen LogP contribution is -2.67. The van der Waals surface area contributed by atoms with Crippen molar-refractivity contribution >= 4 is 11.0 Å². The van der Waals surface area contributed by atoms with Crippen LogP contribution < -0.4 is 10.2 Å². The van der Waals surface area contributed by atoms with E-state index in [1.54, 1.807) is 0 Å². The lowest BCUT2D eigenvalue weighted by molar-refractivity contribution is -0.389. The molecule has 22 heteroatoms. The maximum Gasteiger partial charge on any atom is 0.239 e. The molecule has 0 amide bonds. The highest BCUT2D eigenvalue weighted by Gasteiger charge is 2.54. The molecular formula is C33H40O22. The van der Waals surface area contributed by atoms with E-state index < -0.39 is 157 Å². The van der Waals surface area contributed by atoms with E-state index in [2.05, 4.69) is 0 Å². The Balaban J connectivity index is 1.41. The zero-order valence-corrected chi connectivity index (χ0v) is 28.2. The summed E-state index contributed by atoms with van der Waals surface area (Å²) in [5.74, 6) is -3.88. The number of rotatable bonds is 10. The quantitative estimate of drug-likeness (QED) is 0.0856. The number of phenolic OH excluding ortho intramolecular Hbond substituents is 4. The lowest BCUT2D eigenvalue weighted by Gasteiger charge is -2.48. The Labute approximate surface area is 307 Å². The summed E-state index contributed by atoms with van der Waals surface area (Å²) in [4.78, 5) is 14.0. The van der Waals surface area contributed by atoms with Crippen molar-refractivity contribution in [3.63, 3.8) is 0 Å². The van der Waals surface area contributed by atoms with Crippen molar-refractivity contribution < 1.29 is 104 Å². The minimum atomic E-state index is -2.12. The van der Waals surface area contributed by atoms with Gasteiger partial charge in [0.1, 0.15) is 89.6 Å². The Kier molecular flexibility index (Phi) is 12.0. The molecule has 4 heterocycles. The second-order valence-corrected chi connectivity index (χ2v) is 13.1. The normalized spacial score (nSPS) is 36.9. The number of aromatic hydroxyl groups is 4. The van der Waals surface area contributed by atoms with Crippen LogP contribution in [0.25, 0.3) is 22.3 Å². The maximum atomic E-state index is 14.0. The molecule has 22 nitrogen and oxygen atoms in total. The van der Waals surface area contributed by atoms with Crippen molar-refractivity contribution in [1.82, 2.24) is 0 Å². The predicted molar refractivity (Wildman–Crippen MR) is 174 cm³/mol. The van der Waals surface area contributed by atoms with Gasteiger partial charge in [-0.1, -0.05) is 0 Å². The summed E-state index contributed by atoms with van der Waals surface area (Å²) in [6, 6.07) is 4.95. The van der Waals surface area contributed by atoms with Gasteiger partial charge < -0.3 is 104 Å². The van der Waals surface area contributed by atoms with Gasteiger partial charge in [0.15, 0.2) is 35.9 Å². The SMILES string of the molecule is O=c1c(O[C@@H]2OC(CO)[C@@H](O)[C@H](O)C2O[C@@H]2OC(CO)[C@H](O)C(O)C2O[C@@H]2OC(CO)[C@@H](O)C(O)[C@H]2O)c(-c2ccc(O)c(O)c2)oc2cc(O)cc(O)c12. The Morgan fingerprint density at radius 2 is 1.09 bits per heavy atom. The van der Waals surface area contributed by atoms with Crippen molar-refractivity contribution in [1.29, 1.82) is 0 Å². The summed E-state index contributed by atoms with van der Waals surface area (Å²) < 4.78 is 40.0. The molecule has 0 spiro atoms. The minimum Gasteiger partial charge on any atom is -0.508 e. The predicted octanol–water partition coefficient (Wildman–Crippen LogP) is -4.89. The third-order valence-corrected chi connectivity index (χ3v) is 9.47. The van der Waals surface area contributed by atoms with Crippen LogP contribution >= 0.6 is 0 Å². The smallest absolute Gasteiger partial charge is 0.239 e. The summed E-state index contributed by atoms with van der Waals surface area (Å²) in [6.07, 6.45) is -28.7. The topological polar surface area (TPSA) is 369 Å². The molecule has 3 aliphatic heterocycles. The van der Waals surface area contributed by atoms with E-state index in [0.717, 1.165) is 24.3 Å². The zero-order valence-electron chi connectivity index (χ0n) is 28.2. The first kappa shape index (κ1) is 40.7. The number of phenols is 4. The van der Waals surface area contributed by atoms with E-state index in [-0.39, 0.29) is 11.1 Å². The van der Waals surface area contributed by atoms with E-state index in [1.807, 2.05) is 0 Å². The Bertz CT molecular complexity index is 1870. The van der Waals surface area contributed by atoms with Crippen LogP contribution in [0.1, 0.15) is 0 Å². The molecule has 0 saturated carbocycles. The van der Waals surface area contributed by atoms with Crippen LogP contribution in [-0.2, 0) is 23.7 Å². The molecule has 15 atom stereocenters. The van der Waals surface area contributed by atoms with Crippen molar-refractivity contribution in [3.8, 4) is 40.1 Å². The largest absolute Gasteiger partial charge is 0.508 e. The molecule has 3 fully saturated rings. The zero-order chi connectivity index (χ0) is 40.0. The average Bonchev–Trinajstić information content (AvgIpc) is 3.15. The molecule has 1 aromatic heterocycles. The number of aliphatic hydroxyl groups excluding tert-OH is 10. The van der Waals surface area contributed by atoms with E-state index >= 15 is 0 Å². The number of benzene rings is 2. The van der Waals surface area contributed by atoms with Gasteiger partial charge in [-0.05, 0) is 18.2 Å². The van der Waals surface area contributed by atoms with Crippen LogP contribution in [0.4, 0.5) is 0 Å². The summed E-state index contributed by atoms with van der Waals surface area (Å²) in [7, 11) is 0. The summed E-state index contributed by atoms with van der Waals surface area (Å²) in [5.41, 5.74) is -1.66. The number of ether oxygens (including phenoxy) is 6. The van der Waals surface area contributed by atoms with Gasteiger partial charge in [-0.3, -0.25) is 4.79 Å². The molecule has 0 bridgehead atoms. The molecule has 0 aliphatic carbocycles. The molecule has 2 aromatic carbocycles. The fourth-order valence-electron chi connectivity index (χ4n) is 6.44. The van der Waals surface area contributed by atoms with Gasteiger partial charge in [0.2, 0.25) is 17.5 Å². The van der Waals surface area contributed by atoms with E-state index in [0.29, 0.717) is 0 Å². The first-order valence-corrected chi connectivity index (χ1v) is 16.7. The van der Waals surface area contributed by atoms with E-state index in [4.69, 9.17) is 32.8 Å². The third kappa shape index (κ3) is 7.63. The van der Waals surface area contributed by atoms with Gasteiger partial charge in [-0.2, -0.15) is 0 Å². The molecule has 55 heavy (non-hydrogen) atoms. The second-order valence-electron chi connectivity index (χ2n) is 13.1. The molecule has 6 rings (SSSR count). The fraction of sp³-hybridized carbons (Fsp3) is 0.545. The van der Waals surface area contributed by atoms with Crippen LogP contribution in [0.5, 0.6) is 28.7 Å². The van der Waals surface area contributed by atoms with Gasteiger partial charge in [0, 0.05) is 17.7 Å². The summed E-state index contributed by atoms with van der Waals surface area (Å²) in [6.45, 7) is -2.76. The van der Waals surface area contributed by atoms with Crippen molar-refractivity contribution in [3.05, 3.63) is 40.6 Å². The highest BCUT2D eigenvalue weighted by atomic mass is 16.8. The van der Waals surface area contributed by atoms with Gasteiger partial charge >= 0.3 is 0 Å². The Morgan fingerprint density at radius 3 is 1.67 bits per heavy atom. The first-order valence-electron chi connectivity index (χ1n) is 16.7. The maximum absolute atomic E-state index is 14.0. The molecule has 14 N–H and O–H groups in total. The Hall–Kier alpha value is -3.95. The van der Waals surface area contributed by atoms with Gasteiger partial charge in [0.25, 0.3) is 0 Å². The van der Waals surface area contributed by atoms with E-state index in [1.165, 1.54) is 6.07 Å². The lowest BCUT2D eigenvalue weighted by atomic mass is 9.96. The van der Waals surface area contributed by atoms with E-state index in [9.17, 15) is 76.3 Å². The average molecular weight is 789 g/mol. The first-order chi connectivity index (χ1) is 26.1. The van der Waals surface area contributed by atoms with Crippen LogP contribution in [0, 0.1) is 0 Å². The monoisotopic (exact) mass is 788 g/mol. The second kappa shape index (κ2) is 16.3. The van der Waals surface area contributed by atoms with Crippen LogP contribution in [0.3, 0.4) is 0 Å². The highest BCUT2D eigenvalue weighted by Crippen LogP contribution is 2.40. The van der Waals surface area contributed by atoms with Crippen molar-refractivity contribution in [2.45, 2.75) is 92.1 Å². The summed E-state index contributed by atoms with van der Waals surface area (Å²) >= 11 is 0. The fourth-order valence-corrected chi connectivity index (χ4v) is 6.44. The highest BCUT2D eigenvalue weighted by molar-refractivity contribution is 5.88. The van der Waals surface area contributed by atoms with Gasteiger partial charge in [-0.25, -0.2) is 0 Å². The molecule has 7 unspecified atom stereocenters. The van der Waals surface area contributed by atoms with Gasteiger partial charge in [-0.15, -0.1) is 0 Å². The number of hydrogen-bond donors (Lipinski definition) is 14. The Morgan fingerprint density at radius 1 is 0.564 bits per heavy atom. The van der Waals surface area contributed by atoms with Crippen LogP contribution in [0.15, 0.2) is 39.5 Å².